The lowest BCUT2D eigenvalue weighted by molar-refractivity contribution is -0.224. The third kappa shape index (κ3) is 2.82. The molecule has 1 aliphatic carbocycles. The van der Waals surface area contributed by atoms with Gasteiger partial charge in [0, 0.05) is 19.0 Å². The normalized spacial score (nSPS) is 35.7. The van der Waals surface area contributed by atoms with Crippen molar-refractivity contribution in [2.75, 3.05) is 46.4 Å². The highest BCUT2D eigenvalue weighted by molar-refractivity contribution is 5.83. The highest BCUT2D eigenvalue weighted by atomic mass is 16.7. The molecule has 24 heavy (non-hydrogen) atoms. The van der Waals surface area contributed by atoms with Crippen LogP contribution in [0.5, 0.6) is 0 Å². The van der Waals surface area contributed by atoms with Crippen LogP contribution >= 0.6 is 0 Å². The molecular formula is C17H27N3O4. The van der Waals surface area contributed by atoms with Crippen LogP contribution in [-0.2, 0) is 19.2 Å². The number of likely N-dealkylation sites (N-methyl/N-ethyl adjacent to an activating group) is 1. The van der Waals surface area contributed by atoms with Crippen LogP contribution in [0.3, 0.4) is 0 Å². The van der Waals surface area contributed by atoms with Gasteiger partial charge in [0.15, 0.2) is 0 Å². The van der Waals surface area contributed by atoms with Crippen molar-refractivity contribution in [1.82, 2.24) is 14.9 Å². The first-order chi connectivity index (χ1) is 11.5. The van der Waals surface area contributed by atoms with Gasteiger partial charge in [-0.2, -0.15) is 0 Å². The van der Waals surface area contributed by atoms with Crippen LogP contribution in [0.4, 0.5) is 0 Å². The standard InChI is InChI=1S/C17H27N3O4/c1-12-7-13(12)15(21)19-10-17(11-19)9-18(2)14(8-23-17)16(22)20-5-3-4-6-24-20/h12-14H,3-11H2,1-2H3/t12-,13+,14+/m1/s1. The molecule has 7 heteroatoms. The number of carbonyl (C=O) groups excluding carboxylic acids is 2. The number of nitrogens with zero attached hydrogens (tertiary/aromatic N) is 3. The lowest BCUT2D eigenvalue weighted by atomic mass is 9.90. The SMILES string of the molecule is C[C@@H]1C[C@@H]1C(=O)N1CC2(C1)CN(C)[C@H](C(=O)N1CCCCO1)CO2. The van der Waals surface area contributed by atoms with Crippen LogP contribution in [0.1, 0.15) is 26.2 Å². The molecule has 0 aromatic heterocycles. The van der Waals surface area contributed by atoms with Gasteiger partial charge in [0.2, 0.25) is 5.91 Å². The van der Waals surface area contributed by atoms with Crippen molar-refractivity contribution >= 4 is 11.8 Å². The first-order valence-electron chi connectivity index (χ1n) is 9.06. The molecule has 0 radical (unpaired) electrons. The molecule has 3 atom stereocenters. The van der Waals surface area contributed by atoms with Gasteiger partial charge in [0.1, 0.15) is 11.6 Å². The molecule has 0 N–H and O–H groups in total. The van der Waals surface area contributed by atoms with Gasteiger partial charge in [-0.15, -0.1) is 0 Å². The van der Waals surface area contributed by atoms with Crippen molar-refractivity contribution in [3.63, 3.8) is 0 Å². The van der Waals surface area contributed by atoms with Gasteiger partial charge in [0.05, 0.1) is 26.3 Å². The van der Waals surface area contributed by atoms with Crippen molar-refractivity contribution < 1.29 is 19.2 Å². The molecule has 0 aromatic rings. The molecule has 134 valence electrons. The van der Waals surface area contributed by atoms with E-state index in [2.05, 4.69) is 11.8 Å². The van der Waals surface area contributed by atoms with Gasteiger partial charge in [-0.3, -0.25) is 19.3 Å². The maximum absolute atomic E-state index is 12.6. The van der Waals surface area contributed by atoms with Crippen molar-refractivity contribution in [3.8, 4) is 0 Å². The van der Waals surface area contributed by atoms with Gasteiger partial charge < -0.3 is 9.64 Å². The predicted molar refractivity (Wildman–Crippen MR) is 85.9 cm³/mol. The summed E-state index contributed by atoms with van der Waals surface area (Å²) in [6.45, 7) is 5.76. The monoisotopic (exact) mass is 337 g/mol. The summed E-state index contributed by atoms with van der Waals surface area (Å²) in [7, 11) is 1.96. The molecule has 7 nitrogen and oxygen atoms in total. The second-order valence-electron chi connectivity index (χ2n) is 7.92. The van der Waals surface area contributed by atoms with Crippen LogP contribution in [-0.4, -0.2) is 84.8 Å². The Bertz CT molecular complexity index is 528. The van der Waals surface area contributed by atoms with E-state index in [1.165, 1.54) is 5.06 Å². The summed E-state index contributed by atoms with van der Waals surface area (Å²) in [6, 6.07) is -0.290. The summed E-state index contributed by atoms with van der Waals surface area (Å²) in [5.41, 5.74) is -0.290. The molecule has 2 amide bonds. The van der Waals surface area contributed by atoms with Gasteiger partial charge in [-0.1, -0.05) is 6.92 Å². The molecule has 3 saturated heterocycles. The maximum Gasteiger partial charge on any atom is 0.265 e. The second kappa shape index (κ2) is 5.97. The zero-order valence-corrected chi connectivity index (χ0v) is 14.6. The molecule has 3 aliphatic heterocycles. The summed E-state index contributed by atoms with van der Waals surface area (Å²) in [5, 5.41) is 1.50. The Balaban J connectivity index is 1.30. The number of amides is 2. The smallest absolute Gasteiger partial charge is 0.265 e. The molecule has 4 aliphatic rings. The summed E-state index contributed by atoms with van der Waals surface area (Å²) < 4.78 is 6.07. The van der Waals surface area contributed by atoms with Gasteiger partial charge in [-0.05, 0) is 32.2 Å². The molecule has 0 aromatic carbocycles. The van der Waals surface area contributed by atoms with Crippen LogP contribution in [0.15, 0.2) is 0 Å². The Hall–Kier alpha value is -1.18. The van der Waals surface area contributed by atoms with E-state index in [4.69, 9.17) is 9.57 Å². The van der Waals surface area contributed by atoms with Crippen LogP contribution < -0.4 is 0 Å². The average molecular weight is 337 g/mol. The van der Waals surface area contributed by atoms with E-state index in [1.807, 2.05) is 11.9 Å². The Morgan fingerprint density at radius 3 is 2.46 bits per heavy atom. The highest BCUT2D eigenvalue weighted by Gasteiger charge is 2.54. The first-order valence-corrected chi connectivity index (χ1v) is 9.06. The van der Waals surface area contributed by atoms with E-state index in [0.29, 0.717) is 45.3 Å². The molecule has 0 bridgehead atoms. The van der Waals surface area contributed by atoms with Crippen molar-refractivity contribution in [2.45, 2.75) is 37.8 Å². The topological polar surface area (TPSA) is 62.3 Å². The van der Waals surface area contributed by atoms with Crippen molar-refractivity contribution in [2.24, 2.45) is 11.8 Å². The van der Waals surface area contributed by atoms with Crippen molar-refractivity contribution in [1.29, 1.82) is 0 Å². The van der Waals surface area contributed by atoms with E-state index in [0.717, 1.165) is 19.3 Å². The zero-order chi connectivity index (χ0) is 16.9. The molecular weight excluding hydrogens is 310 g/mol. The van der Waals surface area contributed by atoms with Gasteiger partial charge >= 0.3 is 0 Å². The second-order valence-corrected chi connectivity index (χ2v) is 7.92. The Morgan fingerprint density at radius 1 is 1.12 bits per heavy atom. The van der Waals surface area contributed by atoms with E-state index >= 15 is 0 Å². The summed E-state index contributed by atoms with van der Waals surface area (Å²) >= 11 is 0. The predicted octanol–water partition coefficient (Wildman–Crippen LogP) is 0.108. The van der Waals surface area contributed by atoms with Crippen molar-refractivity contribution in [3.05, 3.63) is 0 Å². The summed E-state index contributed by atoms with van der Waals surface area (Å²) in [6.07, 6.45) is 3.02. The van der Waals surface area contributed by atoms with E-state index in [1.54, 1.807) is 0 Å². The number of ether oxygens (including phenoxy) is 1. The molecule has 3 heterocycles. The molecule has 0 unspecified atom stereocenters. The van der Waals surface area contributed by atoms with Crippen LogP contribution in [0, 0.1) is 11.8 Å². The third-order valence-electron chi connectivity index (χ3n) is 5.85. The minimum Gasteiger partial charge on any atom is -0.368 e. The number of hydrogen-bond acceptors (Lipinski definition) is 5. The molecule has 1 spiro atoms. The fourth-order valence-electron chi connectivity index (χ4n) is 4.09. The number of hydroxylamine groups is 2. The van der Waals surface area contributed by atoms with Crippen LogP contribution in [0.25, 0.3) is 0 Å². The largest absolute Gasteiger partial charge is 0.368 e. The Labute approximate surface area is 142 Å². The Kier molecular flexibility index (Phi) is 4.05. The minimum absolute atomic E-state index is 0.00823. The fraction of sp³-hybridized carbons (Fsp3) is 0.882. The lowest BCUT2D eigenvalue weighted by Gasteiger charge is -2.55. The maximum atomic E-state index is 12.6. The number of rotatable bonds is 2. The Morgan fingerprint density at radius 2 is 1.88 bits per heavy atom. The lowest BCUT2D eigenvalue weighted by Crippen LogP contribution is -2.73. The number of likely N-dealkylation sites (tertiary alicyclic amines) is 1. The molecule has 1 saturated carbocycles. The third-order valence-corrected chi connectivity index (χ3v) is 5.85. The number of morpholine rings is 1. The number of hydrogen-bond donors (Lipinski definition) is 0. The van der Waals surface area contributed by atoms with E-state index in [9.17, 15) is 9.59 Å². The van der Waals surface area contributed by atoms with E-state index < -0.39 is 0 Å². The summed E-state index contributed by atoms with van der Waals surface area (Å²) in [4.78, 5) is 34.3. The first kappa shape index (κ1) is 16.3. The van der Waals surface area contributed by atoms with E-state index in [-0.39, 0.29) is 29.4 Å². The minimum atomic E-state index is -0.290. The molecule has 4 rings (SSSR count). The number of carbonyl (C=O) groups is 2. The summed E-state index contributed by atoms with van der Waals surface area (Å²) in [5.74, 6) is 1.04. The fourth-order valence-corrected chi connectivity index (χ4v) is 4.09. The van der Waals surface area contributed by atoms with Gasteiger partial charge in [0.25, 0.3) is 5.91 Å². The quantitative estimate of drug-likeness (QED) is 0.716. The molecule has 4 fully saturated rings. The highest BCUT2D eigenvalue weighted by Crippen LogP contribution is 2.42. The van der Waals surface area contributed by atoms with Gasteiger partial charge in [-0.25, -0.2) is 5.06 Å². The average Bonchev–Trinajstić information content (AvgIpc) is 3.29. The van der Waals surface area contributed by atoms with Crippen LogP contribution in [0.2, 0.25) is 0 Å². The zero-order valence-electron chi connectivity index (χ0n) is 14.6.